The zero-order valence-electron chi connectivity index (χ0n) is 10.1. The second-order valence-corrected chi connectivity index (χ2v) is 0. The fraction of sp³-hybridized carbons (Fsp3) is 0. The first-order valence-corrected chi connectivity index (χ1v) is 0. The van der Waals surface area contributed by atoms with Crippen molar-refractivity contribution >= 4 is 83.8 Å². The Morgan fingerprint density at radius 3 is 1.00 bits per heavy atom. The van der Waals surface area contributed by atoms with E-state index < -0.39 is 0 Å². The van der Waals surface area contributed by atoms with E-state index >= 15 is 0 Å². The van der Waals surface area contributed by atoms with Crippen LogP contribution in [0.4, 0.5) is 0 Å². The molecule has 0 spiro atoms. The zero-order chi connectivity index (χ0) is 0. The van der Waals surface area contributed by atoms with Crippen molar-refractivity contribution in [2.75, 3.05) is 0 Å². The summed E-state index contributed by atoms with van der Waals surface area (Å²) in [5.74, 6) is 0. The maximum atomic E-state index is 0. The maximum Gasteiger partial charge on any atom is 2.00 e. The van der Waals surface area contributed by atoms with Crippen molar-refractivity contribution in [3.05, 3.63) is 0 Å². The molecule has 0 fully saturated rings. The van der Waals surface area contributed by atoms with Gasteiger partial charge < -0.3 is 9.99 Å². The van der Waals surface area contributed by atoms with Crippen LogP contribution in [0.2, 0.25) is 0 Å². The third-order valence-corrected chi connectivity index (χ3v) is 0. The molecule has 0 aliphatic carbocycles. The van der Waals surface area contributed by atoms with Crippen LogP contribution in [0.25, 0.3) is 0 Å². The van der Waals surface area contributed by atoms with E-state index in [4.69, 9.17) is 0 Å². The molecule has 0 atom stereocenters. The largest absolute Gasteiger partial charge is 2.00 e. The van der Waals surface area contributed by atoms with E-state index in [1.54, 1.807) is 0 Å². The quantitative estimate of drug-likeness (QED) is 0.304. The van der Waals surface area contributed by atoms with Gasteiger partial charge in [-0.15, -0.1) is 0 Å². The molecule has 0 unspecified atom stereocenters. The molecule has 14 valence electrons. The van der Waals surface area contributed by atoms with Crippen molar-refractivity contribution in [3.63, 3.8) is 0 Å². The van der Waals surface area contributed by atoms with Crippen molar-refractivity contribution in [3.8, 4) is 0 Å². The Hall–Kier alpha value is 4.43. The molecular weight excluding hydrogens is 128 g/mol. The summed E-state index contributed by atoms with van der Waals surface area (Å²) >= 11 is 0. The van der Waals surface area contributed by atoms with Crippen LogP contribution in [0.5, 0.6) is 0 Å². The van der Waals surface area contributed by atoms with Crippen molar-refractivity contribution in [2.24, 2.45) is 0 Å². The second-order valence-electron chi connectivity index (χ2n) is 0. The molecule has 0 saturated carbocycles. The van der Waals surface area contributed by atoms with E-state index in [1.807, 2.05) is 0 Å². The molecule has 0 aliphatic rings. The molecule has 0 saturated heterocycles. The summed E-state index contributed by atoms with van der Waals surface area (Å²) in [5, 5.41) is 0. The van der Waals surface area contributed by atoms with Gasteiger partial charge in [0.25, 0.3) is 0 Å². The summed E-state index contributed by atoms with van der Waals surface area (Å²) < 4.78 is 0. The molecular formula is H7CaKMg2. The first kappa shape index (κ1) is 23.7. The summed E-state index contributed by atoms with van der Waals surface area (Å²) in [4.78, 5) is 0. The summed E-state index contributed by atoms with van der Waals surface area (Å²) in [5.41, 5.74) is 0. The van der Waals surface area contributed by atoms with E-state index in [2.05, 4.69) is 0 Å². The molecule has 0 bridgehead atoms. The van der Waals surface area contributed by atoms with Crippen molar-refractivity contribution in [1.82, 2.24) is 0 Å². The minimum atomic E-state index is 0. The van der Waals surface area contributed by atoms with Crippen LogP contribution in [0.3, 0.4) is 0 Å². The third kappa shape index (κ3) is 9.66. The van der Waals surface area contributed by atoms with Gasteiger partial charge in [0, 0.05) is 0 Å². The van der Waals surface area contributed by atoms with Gasteiger partial charge in [-0.2, -0.15) is 0 Å². The fourth-order valence-corrected chi connectivity index (χ4v) is 0. The van der Waals surface area contributed by atoms with Gasteiger partial charge >= 0.3 is 135 Å². The van der Waals surface area contributed by atoms with E-state index in [1.165, 1.54) is 0 Å². The van der Waals surface area contributed by atoms with Crippen LogP contribution in [0.15, 0.2) is 0 Å². The zero-order valence-corrected chi connectivity index (χ0v) is 11.3. The third-order valence-electron chi connectivity index (χ3n) is 0. The van der Waals surface area contributed by atoms with Gasteiger partial charge in [-0.25, -0.2) is 0 Å². The first-order valence-electron chi connectivity index (χ1n) is 0. The van der Waals surface area contributed by atoms with Crippen LogP contribution < -0.4 is 51.4 Å². The first-order chi connectivity index (χ1) is 0. The monoisotopic (exact) mass is 134 g/mol. The van der Waals surface area contributed by atoms with Gasteiger partial charge in [-0.3, -0.25) is 0 Å². The van der Waals surface area contributed by atoms with Crippen LogP contribution in [-0.2, 0) is 0 Å². The average Bonchev–Trinajstić information content (AvgIpc) is 0. The summed E-state index contributed by atoms with van der Waals surface area (Å²) in [6.07, 6.45) is 0. The molecule has 0 amide bonds. The minimum absolute atomic E-state index is 0. The van der Waals surface area contributed by atoms with E-state index in [9.17, 15) is 0 Å². The average molecular weight is 135 g/mol. The normalized spacial score (nSPS) is 0. The Kier molecular flexibility index (Phi) is 92.8. The summed E-state index contributed by atoms with van der Waals surface area (Å²) in [7, 11) is 0. The van der Waals surface area contributed by atoms with Gasteiger partial charge in [0.15, 0.2) is 0 Å². The Bertz CT molecular complexity index is 16.4. The predicted octanol–water partition coefficient (Wildman–Crippen LogP) is -3.35. The van der Waals surface area contributed by atoms with Crippen LogP contribution in [0.1, 0.15) is 9.99 Å². The summed E-state index contributed by atoms with van der Waals surface area (Å²) in [6.45, 7) is 0. The van der Waals surface area contributed by atoms with Crippen LogP contribution in [-0.4, -0.2) is 83.8 Å². The second kappa shape index (κ2) is 15.7. The molecule has 0 N–H and O–H groups in total. The number of rotatable bonds is 0. The van der Waals surface area contributed by atoms with Gasteiger partial charge in [0.05, 0.1) is 0 Å². The molecule has 4 heavy (non-hydrogen) atoms. The van der Waals surface area contributed by atoms with E-state index in [0.29, 0.717) is 0 Å². The van der Waals surface area contributed by atoms with Crippen molar-refractivity contribution < 1.29 is 61.4 Å². The molecule has 0 aliphatic heterocycles. The molecule has 0 heterocycles. The Balaban J connectivity index is 0. The van der Waals surface area contributed by atoms with Crippen LogP contribution >= 0.6 is 0 Å². The molecule has 0 radical (unpaired) electrons. The molecule has 0 aromatic rings. The Morgan fingerprint density at radius 2 is 1.00 bits per heavy atom. The Labute approximate surface area is 141 Å². The number of hydrogen-bond donors (Lipinski definition) is 0. The van der Waals surface area contributed by atoms with Gasteiger partial charge in [-0.1, -0.05) is 0 Å². The molecule has 0 aromatic heterocycles. The minimum Gasteiger partial charge on any atom is -1.00 e. The Morgan fingerprint density at radius 1 is 1.00 bits per heavy atom. The van der Waals surface area contributed by atoms with Crippen LogP contribution in [0, 0.1) is 0 Å². The summed E-state index contributed by atoms with van der Waals surface area (Å²) in [6, 6.07) is 0. The van der Waals surface area contributed by atoms with Gasteiger partial charge in [-0.05, 0) is 0 Å². The topological polar surface area (TPSA) is 0 Å². The van der Waals surface area contributed by atoms with Crippen molar-refractivity contribution in [1.29, 1.82) is 0 Å². The fourth-order valence-electron chi connectivity index (χ4n) is 0. The van der Waals surface area contributed by atoms with E-state index in [-0.39, 0.29) is 145 Å². The van der Waals surface area contributed by atoms with Gasteiger partial charge in [0.2, 0.25) is 0 Å². The maximum absolute atomic E-state index is 0. The molecule has 0 rings (SSSR count). The molecule has 4 heteroatoms. The SMILES string of the molecule is [Ca+2].[H-].[H-].[H-].[H-].[H-].[H-].[H-].[K+].[Mg+2].[Mg+2]. The van der Waals surface area contributed by atoms with Crippen molar-refractivity contribution in [2.45, 2.75) is 0 Å². The predicted molar refractivity (Wildman–Crippen MR) is 25.0 cm³/mol. The standard InChI is InChI=1S/Ca.K.2Mg.7H/q+2;+1;2*+2;7*-1. The molecule has 0 aromatic carbocycles. The molecule has 0 nitrogen and oxygen atoms in total. The smallest absolute Gasteiger partial charge is 1.00 e. The van der Waals surface area contributed by atoms with E-state index in [0.717, 1.165) is 0 Å². The van der Waals surface area contributed by atoms with Gasteiger partial charge in [0.1, 0.15) is 0 Å². The number of hydrogen-bond acceptors (Lipinski definition) is 0.